The molecule has 0 unspecified atom stereocenters. The normalized spacial score (nSPS) is 18.2. The fourth-order valence-corrected chi connectivity index (χ4v) is 3.74. The van der Waals surface area contributed by atoms with Crippen LogP contribution in [0.1, 0.15) is 74.2 Å². The molecule has 19 heavy (non-hydrogen) atoms. The first-order valence-electron chi connectivity index (χ1n) is 7.93. The van der Waals surface area contributed by atoms with Crippen molar-refractivity contribution in [2.45, 2.75) is 70.6 Å². The van der Waals surface area contributed by atoms with E-state index in [0.717, 1.165) is 19.5 Å². The smallest absolute Gasteiger partial charge is 0.120 e. The number of aromatic nitrogens is 2. The zero-order valence-corrected chi connectivity index (χ0v) is 13.0. The first-order chi connectivity index (χ1) is 9.40. The van der Waals surface area contributed by atoms with Gasteiger partial charge in [0.05, 0.1) is 0 Å². The summed E-state index contributed by atoms with van der Waals surface area (Å²) in [7, 11) is 0. The number of hydrogen-bond donors (Lipinski definition) is 1. The first-order valence-corrected chi connectivity index (χ1v) is 8.74. The second-order valence-corrected chi connectivity index (χ2v) is 6.67. The van der Waals surface area contributed by atoms with E-state index in [-0.39, 0.29) is 0 Å². The summed E-state index contributed by atoms with van der Waals surface area (Å²) in [4.78, 5) is 0. The number of nitrogens with zero attached hydrogens (tertiary/aromatic N) is 2. The van der Waals surface area contributed by atoms with Gasteiger partial charge in [-0.15, -0.1) is 21.5 Å². The molecule has 1 aliphatic rings. The standard InChI is InChI=1S/C15H27N3S/c1-2-11-16-12-10-14-17-18-15(19-14)13-8-6-4-3-5-7-9-13/h13,16H,2-12H2,1H3. The molecule has 1 aromatic heterocycles. The van der Waals surface area contributed by atoms with Crippen LogP contribution in [-0.4, -0.2) is 23.3 Å². The van der Waals surface area contributed by atoms with Crippen molar-refractivity contribution in [3.63, 3.8) is 0 Å². The van der Waals surface area contributed by atoms with E-state index in [1.807, 2.05) is 11.3 Å². The molecule has 0 atom stereocenters. The number of rotatable bonds is 6. The lowest BCUT2D eigenvalue weighted by molar-refractivity contribution is 0.453. The fourth-order valence-electron chi connectivity index (χ4n) is 2.73. The summed E-state index contributed by atoms with van der Waals surface area (Å²) < 4.78 is 0. The van der Waals surface area contributed by atoms with E-state index in [2.05, 4.69) is 22.4 Å². The molecule has 0 spiro atoms. The predicted molar refractivity (Wildman–Crippen MR) is 81.8 cm³/mol. The molecule has 1 heterocycles. The minimum absolute atomic E-state index is 0.690. The van der Waals surface area contributed by atoms with Crippen LogP contribution < -0.4 is 5.32 Å². The number of nitrogens with one attached hydrogen (secondary N) is 1. The van der Waals surface area contributed by atoms with E-state index >= 15 is 0 Å². The van der Waals surface area contributed by atoms with E-state index < -0.39 is 0 Å². The van der Waals surface area contributed by atoms with Crippen molar-refractivity contribution < 1.29 is 0 Å². The molecule has 1 N–H and O–H groups in total. The van der Waals surface area contributed by atoms with Gasteiger partial charge in [0.2, 0.25) is 0 Å². The van der Waals surface area contributed by atoms with E-state index in [0.29, 0.717) is 5.92 Å². The van der Waals surface area contributed by atoms with Gasteiger partial charge >= 0.3 is 0 Å². The molecule has 0 radical (unpaired) electrons. The lowest BCUT2D eigenvalue weighted by atomic mass is 9.92. The van der Waals surface area contributed by atoms with Gasteiger partial charge in [-0.2, -0.15) is 0 Å². The molecule has 2 rings (SSSR count). The van der Waals surface area contributed by atoms with Gasteiger partial charge in [-0.05, 0) is 25.8 Å². The highest BCUT2D eigenvalue weighted by atomic mass is 32.1. The quantitative estimate of drug-likeness (QED) is 0.803. The molecule has 1 aliphatic carbocycles. The van der Waals surface area contributed by atoms with Crippen molar-refractivity contribution in [2.75, 3.05) is 13.1 Å². The average Bonchev–Trinajstić information content (AvgIpc) is 2.83. The molecular formula is C15H27N3S. The molecule has 3 nitrogen and oxygen atoms in total. The Labute approximate surface area is 121 Å². The second-order valence-electron chi connectivity index (χ2n) is 5.58. The Hall–Kier alpha value is -0.480. The van der Waals surface area contributed by atoms with Crippen LogP contribution in [0.3, 0.4) is 0 Å². The molecular weight excluding hydrogens is 254 g/mol. The van der Waals surface area contributed by atoms with Crippen LogP contribution in [0.15, 0.2) is 0 Å². The summed E-state index contributed by atoms with van der Waals surface area (Å²) in [5, 5.41) is 14.8. The van der Waals surface area contributed by atoms with E-state index in [9.17, 15) is 0 Å². The minimum atomic E-state index is 0.690. The van der Waals surface area contributed by atoms with Gasteiger partial charge in [-0.3, -0.25) is 0 Å². The van der Waals surface area contributed by atoms with Crippen molar-refractivity contribution >= 4 is 11.3 Å². The highest BCUT2D eigenvalue weighted by molar-refractivity contribution is 7.11. The molecule has 1 aromatic rings. The molecule has 108 valence electrons. The minimum Gasteiger partial charge on any atom is -0.316 e. The maximum atomic E-state index is 4.45. The van der Waals surface area contributed by atoms with Gasteiger partial charge in [-0.25, -0.2) is 0 Å². The van der Waals surface area contributed by atoms with Gasteiger partial charge < -0.3 is 5.32 Å². The van der Waals surface area contributed by atoms with Crippen molar-refractivity contribution in [3.8, 4) is 0 Å². The van der Waals surface area contributed by atoms with Gasteiger partial charge in [0.25, 0.3) is 0 Å². The first kappa shape index (κ1) is 14.9. The van der Waals surface area contributed by atoms with Crippen LogP contribution in [0.5, 0.6) is 0 Å². The summed E-state index contributed by atoms with van der Waals surface area (Å²) in [6.07, 6.45) is 11.9. The van der Waals surface area contributed by atoms with Crippen LogP contribution in [0.4, 0.5) is 0 Å². The Bertz CT molecular complexity index is 343. The van der Waals surface area contributed by atoms with Crippen LogP contribution in [-0.2, 0) is 6.42 Å². The Balaban J connectivity index is 1.81. The molecule has 0 amide bonds. The van der Waals surface area contributed by atoms with Crippen molar-refractivity contribution in [2.24, 2.45) is 0 Å². The third kappa shape index (κ3) is 5.19. The zero-order valence-electron chi connectivity index (χ0n) is 12.2. The summed E-state index contributed by atoms with van der Waals surface area (Å²) >= 11 is 1.85. The molecule has 0 aliphatic heterocycles. The molecule has 0 aromatic carbocycles. The number of hydrogen-bond acceptors (Lipinski definition) is 4. The lowest BCUT2D eigenvalue weighted by Crippen LogP contribution is -2.17. The van der Waals surface area contributed by atoms with Crippen LogP contribution in [0.2, 0.25) is 0 Å². The summed E-state index contributed by atoms with van der Waals surface area (Å²) in [6, 6.07) is 0. The van der Waals surface area contributed by atoms with Crippen LogP contribution in [0.25, 0.3) is 0 Å². The van der Waals surface area contributed by atoms with Crippen molar-refractivity contribution in [1.29, 1.82) is 0 Å². The van der Waals surface area contributed by atoms with E-state index in [1.165, 1.54) is 61.4 Å². The topological polar surface area (TPSA) is 37.8 Å². The van der Waals surface area contributed by atoms with Gasteiger partial charge in [-0.1, -0.05) is 39.0 Å². The van der Waals surface area contributed by atoms with Crippen molar-refractivity contribution in [1.82, 2.24) is 15.5 Å². The maximum Gasteiger partial charge on any atom is 0.120 e. The third-order valence-electron chi connectivity index (χ3n) is 3.88. The average molecular weight is 281 g/mol. The molecule has 0 bridgehead atoms. The Morgan fingerprint density at radius 2 is 1.79 bits per heavy atom. The van der Waals surface area contributed by atoms with Gasteiger partial charge in [0.15, 0.2) is 0 Å². The van der Waals surface area contributed by atoms with E-state index in [4.69, 9.17) is 0 Å². The lowest BCUT2D eigenvalue weighted by Gasteiger charge is -2.16. The summed E-state index contributed by atoms with van der Waals surface area (Å²) in [5.41, 5.74) is 0. The maximum absolute atomic E-state index is 4.45. The third-order valence-corrected chi connectivity index (χ3v) is 5.02. The Morgan fingerprint density at radius 3 is 2.53 bits per heavy atom. The van der Waals surface area contributed by atoms with Crippen LogP contribution >= 0.6 is 11.3 Å². The highest BCUT2D eigenvalue weighted by Crippen LogP contribution is 2.32. The van der Waals surface area contributed by atoms with Crippen molar-refractivity contribution in [3.05, 3.63) is 10.0 Å². The van der Waals surface area contributed by atoms with Crippen LogP contribution in [0, 0.1) is 0 Å². The second kappa shape index (κ2) is 8.64. The monoisotopic (exact) mass is 281 g/mol. The van der Waals surface area contributed by atoms with E-state index in [1.54, 1.807) is 0 Å². The predicted octanol–water partition coefficient (Wildman–Crippen LogP) is 3.91. The van der Waals surface area contributed by atoms with Gasteiger partial charge in [0, 0.05) is 18.9 Å². The largest absolute Gasteiger partial charge is 0.316 e. The molecule has 0 saturated heterocycles. The summed E-state index contributed by atoms with van der Waals surface area (Å²) in [5.74, 6) is 0.690. The SMILES string of the molecule is CCCNCCc1nnc(C2CCCCCCC2)s1. The van der Waals surface area contributed by atoms with Gasteiger partial charge in [0.1, 0.15) is 10.0 Å². The Morgan fingerprint density at radius 1 is 1.05 bits per heavy atom. The molecule has 4 heteroatoms. The zero-order chi connectivity index (χ0) is 13.3. The molecule has 1 fully saturated rings. The fraction of sp³-hybridized carbons (Fsp3) is 0.867. The molecule has 1 saturated carbocycles. The summed E-state index contributed by atoms with van der Waals surface area (Å²) in [6.45, 7) is 4.34. The highest BCUT2D eigenvalue weighted by Gasteiger charge is 2.17. The Kier molecular flexibility index (Phi) is 6.79.